The fourth-order valence-electron chi connectivity index (χ4n) is 2.36. The summed E-state index contributed by atoms with van der Waals surface area (Å²) in [4.78, 5) is 13.4. The first-order chi connectivity index (χ1) is 10.7. The second-order valence-corrected chi connectivity index (χ2v) is 5.71. The third kappa shape index (κ3) is 7.46. The van der Waals surface area contributed by atoms with E-state index in [0.717, 1.165) is 25.2 Å². The van der Waals surface area contributed by atoms with Gasteiger partial charge in [0, 0.05) is 12.2 Å². The fraction of sp³-hybridized carbons (Fsp3) is 0.611. The van der Waals surface area contributed by atoms with Crippen molar-refractivity contribution in [1.82, 2.24) is 4.90 Å². The van der Waals surface area contributed by atoms with Crippen molar-refractivity contribution in [2.24, 2.45) is 0 Å². The highest BCUT2D eigenvalue weighted by Gasteiger charge is 2.04. The molecule has 0 saturated heterocycles. The van der Waals surface area contributed by atoms with E-state index in [1.165, 1.54) is 38.8 Å². The molecule has 1 aromatic carbocycles. The van der Waals surface area contributed by atoms with Gasteiger partial charge in [0.1, 0.15) is 0 Å². The molecule has 0 heterocycles. The molecule has 0 spiro atoms. The van der Waals surface area contributed by atoms with E-state index in [0.29, 0.717) is 5.56 Å². The van der Waals surface area contributed by atoms with Crippen molar-refractivity contribution in [3.63, 3.8) is 0 Å². The van der Waals surface area contributed by atoms with E-state index in [2.05, 4.69) is 24.1 Å². The monoisotopic (exact) mass is 306 g/mol. The van der Waals surface area contributed by atoms with Crippen molar-refractivity contribution in [2.75, 3.05) is 31.5 Å². The van der Waals surface area contributed by atoms with E-state index in [-0.39, 0.29) is 0 Å². The Morgan fingerprint density at radius 1 is 1.00 bits per heavy atom. The summed E-state index contributed by atoms with van der Waals surface area (Å²) < 4.78 is 0. The number of hydrogen-bond donors (Lipinski definition) is 2. The number of carbonyl (C=O) groups is 1. The minimum absolute atomic E-state index is 0.329. The first-order valence-corrected chi connectivity index (χ1v) is 8.47. The molecule has 0 unspecified atom stereocenters. The molecule has 0 aromatic heterocycles. The zero-order valence-electron chi connectivity index (χ0n) is 14.0. The second kappa shape index (κ2) is 11.1. The molecule has 124 valence electrons. The van der Waals surface area contributed by atoms with Crippen molar-refractivity contribution < 1.29 is 9.90 Å². The molecule has 2 N–H and O–H groups in total. The van der Waals surface area contributed by atoms with Crippen LogP contribution in [0, 0.1) is 0 Å². The van der Waals surface area contributed by atoms with E-state index in [1.807, 2.05) is 12.1 Å². The molecule has 1 aromatic rings. The lowest BCUT2D eigenvalue weighted by Crippen LogP contribution is -2.28. The fourth-order valence-corrected chi connectivity index (χ4v) is 2.36. The standard InChI is InChI=1S/C18H30N2O2/c1-3-5-13-20(14-6-4-2)15-7-12-19-17-10-8-16(9-11-17)18(21)22/h8-11,19H,3-7,12-15H2,1-2H3,(H,21,22). The lowest BCUT2D eigenvalue weighted by atomic mass is 10.2. The molecule has 0 bridgehead atoms. The molecular formula is C18H30N2O2. The van der Waals surface area contributed by atoms with Crippen molar-refractivity contribution in [1.29, 1.82) is 0 Å². The van der Waals surface area contributed by atoms with Gasteiger partial charge in [0.15, 0.2) is 0 Å². The zero-order valence-corrected chi connectivity index (χ0v) is 14.0. The van der Waals surface area contributed by atoms with Gasteiger partial charge >= 0.3 is 5.97 Å². The van der Waals surface area contributed by atoms with E-state index in [1.54, 1.807) is 12.1 Å². The van der Waals surface area contributed by atoms with Crippen LogP contribution in [0.4, 0.5) is 5.69 Å². The maximum Gasteiger partial charge on any atom is 0.335 e. The Hall–Kier alpha value is -1.55. The first-order valence-electron chi connectivity index (χ1n) is 8.47. The van der Waals surface area contributed by atoms with E-state index < -0.39 is 5.97 Å². The third-order valence-electron chi connectivity index (χ3n) is 3.77. The number of benzene rings is 1. The molecule has 0 aliphatic heterocycles. The number of rotatable bonds is 12. The molecular weight excluding hydrogens is 276 g/mol. The Labute approximate surface area is 134 Å². The van der Waals surface area contributed by atoms with E-state index in [9.17, 15) is 4.79 Å². The number of nitrogens with one attached hydrogen (secondary N) is 1. The molecule has 1 rings (SSSR count). The summed E-state index contributed by atoms with van der Waals surface area (Å²) in [7, 11) is 0. The van der Waals surface area contributed by atoms with Crippen LogP contribution in [0.2, 0.25) is 0 Å². The summed E-state index contributed by atoms with van der Waals surface area (Å²) in [6.07, 6.45) is 6.14. The molecule has 0 radical (unpaired) electrons. The summed E-state index contributed by atoms with van der Waals surface area (Å²) in [5.41, 5.74) is 1.31. The lowest BCUT2D eigenvalue weighted by molar-refractivity contribution is 0.0697. The topological polar surface area (TPSA) is 52.6 Å². The lowest BCUT2D eigenvalue weighted by Gasteiger charge is -2.22. The van der Waals surface area contributed by atoms with Gasteiger partial charge in [-0.15, -0.1) is 0 Å². The Morgan fingerprint density at radius 2 is 1.55 bits per heavy atom. The first kappa shape index (κ1) is 18.5. The van der Waals surface area contributed by atoms with E-state index >= 15 is 0 Å². The molecule has 0 atom stereocenters. The number of anilines is 1. The number of unbranched alkanes of at least 4 members (excludes halogenated alkanes) is 2. The van der Waals surface area contributed by atoms with Crippen LogP contribution in [-0.2, 0) is 0 Å². The average molecular weight is 306 g/mol. The molecule has 0 aliphatic carbocycles. The molecule has 22 heavy (non-hydrogen) atoms. The number of carboxylic acids is 1. The molecule has 4 nitrogen and oxygen atoms in total. The molecule has 0 saturated carbocycles. The van der Waals surface area contributed by atoms with Gasteiger partial charge in [0.05, 0.1) is 5.56 Å². The highest BCUT2D eigenvalue weighted by molar-refractivity contribution is 5.87. The number of hydrogen-bond acceptors (Lipinski definition) is 3. The van der Waals surface area contributed by atoms with Crippen LogP contribution in [0.5, 0.6) is 0 Å². The second-order valence-electron chi connectivity index (χ2n) is 5.71. The zero-order chi connectivity index (χ0) is 16.2. The van der Waals surface area contributed by atoms with Crippen LogP contribution in [0.25, 0.3) is 0 Å². The number of nitrogens with zero attached hydrogens (tertiary/aromatic N) is 1. The maximum atomic E-state index is 10.8. The van der Waals surface area contributed by atoms with Gasteiger partial charge in [0.25, 0.3) is 0 Å². The van der Waals surface area contributed by atoms with Crippen LogP contribution in [-0.4, -0.2) is 42.2 Å². The minimum atomic E-state index is -0.881. The smallest absolute Gasteiger partial charge is 0.335 e. The Balaban J connectivity index is 2.27. The quantitative estimate of drug-likeness (QED) is 0.571. The van der Waals surface area contributed by atoms with Crippen molar-refractivity contribution in [3.05, 3.63) is 29.8 Å². The summed E-state index contributed by atoms with van der Waals surface area (Å²) in [5, 5.41) is 12.2. The number of aromatic carboxylic acids is 1. The highest BCUT2D eigenvalue weighted by atomic mass is 16.4. The van der Waals surface area contributed by atoms with Crippen LogP contribution in [0.3, 0.4) is 0 Å². The summed E-state index contributed by atoms with van der Waals surface area (Å²) in [5.74, 6) is -0.881. The van der Waals surface area contributed by atoms with Gasteiger partial charge in [-0.05, 0) is 63.2 Å². The van der Waals surface area contributed by atoms with Crippen LogP contribution < -0.4 is 5.32 Å². The number of carboxylic acid groups (broad SMARTS) is 1. The maximum absolute atomic E-state index is 10.8. The van der Waals surface area contributed by atoms with Gasteiger partial charge in [-0.2, -0.15) is 0 Å². The normalized spacial score (nSPS) is 10.9. The van der Waals surface area contributed by atoms with Gasteiger partial charge in [-0.25, -0.2) is 4.79 Å². The average Bonchev–Trinajstić information content (AvgIpc) is 2.53. The molecule has 0 fully saturated rings. The van der Waals surface area contributed by atoms with Gasteiger partial charge in [-0.3, -0.25) is 0 Å². The summed E-state index contributed by atoms with van der Waals surface area (Å²) in [6, 6.07) is 6.93. The predicted molar refractivity (Wildman–Crippen MR) is 92.8 cm³/mol. The predicted octanol–water partition coefficient (Wildman–Crippen LogP) is 4.09. The van der Waals surface area contributed by atoms with Crippen molar-refractivity contribution in [2.45, 2.75) is 46.0 Å². The summed E-state index contributed by atoms with van der Waals surface area (Å²) in [6.45, 7) is 8.91. The van der Waals surface area contributed by atoms with Crippen LogP contribution in [0.15, 0.2) is 24.3 Å². The SMILES string of the molecule is CCCCN(CCCC)CCCNc1ccc(C(=O)O)cc1. The van der Waals surface area contributed by atoms with E-state index in [4.69, 9.17) is 5.11 Å². The molecule has 0 aliphatic rings. The van der Waals surface area contributed by atoms with Crippen molar-refractivity contribution in [3.8, 4) is 0 Å². The molecule has 4 heteroatoms. The van der Waals surface area contributed by atoms with Gasteiger partial charge in [-0.1, -0.05) is 26.7 Å². The summed E-state index contributed by atoms with van der Waals surface area (Å²) >= 11 is 0. The van der Waals surface area contributed by atoms with Crippen molar-refractivity contribution >= 4 is 11.7 Å². The minimum Gasteiger partial charge on any atom is -0.478 e. The largest absolute Gasteiger partial charge is 0.478 e. The Kier molecular flexibility index (Phi) is 9.31. The third-order valence-corrected chi connectivity index (χ3v) is 3.77. The highest BCUT2D eigenvalue weighted by Crippen LogP contribution is 2.09. The van der Waals surface area contributed by atoms with Gasteiger partial charge < -0.3 is 15.3 Å². The van der Waals surface area contributed by atoms with Gasteiger partial charge in [0.2, 0.25) is 0 Å². The Morgan fingerprint density at radius 3 is 2.05 bits per heavy atom. The Bertz CT molecular complexity index is 410. The van der Waals surface area contributed by atoms with Crippen LogP contribution in [0.1, 0.15) is 56.3 Å². The van der Waals surface area contributed by atoms with Crippen LogP contribution >= 0.6 is 0 Å². The molecule has 0 amide bonds.